The second kappa shape index (κ2) is 7.66. The Kier molecular flexibility index (Phi) is 5.35. The molecule has 0 unspecified atom stereocenters. The highest BCUT2D eigenvalue weighted by molar-refractivity contribution is 7.80. The number of hydrogen-bond acceptors (Lipinski definition) is 2. The van der Waals surface area contributed by atoms with Gasteiger partial charge in [0.15, 0.2) is 5.11 Å². The Morgan fingerprint density at radius 1 is 1.08 bits per heavy atom. The van der Waals surface area contributed by atoms with Crippen molar-refractivity contribution in [3.63, 3.8) is 0 Å². The van der Waals surface area contributed by atoms with Crippen LogP contribution in [0.4, 0.5) is 11.4 Å². The minimum absolute atomic E-state index is 0.440. The van der Waals surface area contributed by atoms with E-state index in [1.54, 1.807) is 24.4 Å². The number of nitrogens with one attached hydrogen (secondary N) is 2. The Labute approximate surface area is 155 Å². The van der Waals surface area contributed by atoms with Crippen LogP contribution in [-0.4, -0.2) is 14.9 Å². The molecule has 0 spiro atoms. The number of hydrogen-bond donors (Lipinski definition) is 2. The molecular weight excluding hydrogens is 363 g/mol. The summed E-state index contributed by atoms with van der Waals surface area (Å²) in [5.41, 5.74) is 2.66. The van der Waals surface area contributed by atoms with E-state index in [9.17, 15) is 0 Å². The molecule has 24 heavy (non-hydrogen) atoms. The number of aromatic nitrogens is 2. The highest BCUT2D eigenvalue weighted by Crippen LogP contribution is 2.25. The quantitative estimate of drug-likeness (QED) is 0.625. The van der Waals surface area contributed by atoms with Crippen LogP contribution >= 0.6 is 35.4 Å². The van der Waals surface area contributed by atoms with E-state index >= 15 is 0 Å². The van der Waals surface area contributed by atoms with E-state index in [1.807, 2.05) is 41.2 Å². The van der Waals surface area contributed by atoms with Crippen molar-refractivity contribution in [3.05, 3.63) is 76.5 Å². The van der Waals surface area contributed by atoms with E-state index < -0.39 is 0 Å². The molecule has 2 N–H and O–H groups in total. The Balaban J connectivity index is 1.67. The SMILES string of the molecule is S=C(Nc1cccc(Cn2cccn2)c1)Nc1cc(Cl)ccc1Cl. The van der Waals surface area contributed by atoms with Crippen molar-refractivity contribution < 1.29 is 0 Å². The first-order chi connectivity index (χ1) is 11.6. The van der Waals surface area contributed by atoms with Crippen LogP contribution in [0.25, 0.3) is 0 Å². The van der Waals surface area contributed by atoms with Gasteiger partial charge < -0.3 is 10.6 Å². The average Bonchev–Trinajstić information content (AvgIpc) is 3.04. The van der Waals surface area contributed by atoms with Gasteiger partial charge in [-0.2, -0.15) is 5.10 Å². The topological polar surface area (TPSA) is 41.9 Å². The monoisotopic (exact) mass is 376 g/mol. The maximum atomic E-state index is 6.13. The van der Waals surface area contributed by atoms with E-state index in [2.05, 4.69) is 15.7 Å². The predicted molar refractivity (Wildman–Crippen MR) is 104 cm³/mol. The maximum absolute atomic E-state index is 6.13. The Morgan fingerprint density at radius 3 is 2.75 bits per heavy atom. The molecule has 0 bridgehead atoms. The average molecular weight is 377 g/mol. The number of anilines is 2. The molecule has 4 nitrogen and oxygen atoms in total. The van der Waals surface area contributed by atoms with E-state index in [-0.39, 0.29) is 0 Å². The smallest absolute Gasteiger partial charge is 0.175 e. The third kappa shape index (κ3) is 4.47. The third-order valence-electron chi connectivity index (χ3n) is 3.27. The van der Waals surface area contributed by atoms with Gasteiger partial charge in [0, 0.05) is 23.1 Å². The lowest BCUT2D eigenvalue weighted by Gasteiger charge is -2.13. The lowest BCUT2D eigenvalue weighted by atomic mass is 10.2. The Bertz CT molecular complexity index is 850. The Morgan fingerprint density at radius 2 is 1.96 bits per heavy atom. The molecule has 0 amide bonds. The highest BCUT2D eigenvalue weighted by atomic mass is 35.5. The number of nitrogens with zero attached hydrogens (tertiary/aromatic N) is 2. The minimum Gasteiger partial charge on any atom is -0.332 e. The van der Waals surface area contributed by atoms with Gasteiger partial charge in [0.1, 0.15) is 0 Å². The molecule has 0 fully saturated rings. The fourth-order valence-corrected chi connectivity index (χ4v) is 2.77. The molecule has 2 aromatic carbocycles. The molecule has 0 radical (unpaired) electrons. The summed E-state index contributed by atoms with van der Waals surface area (Å²) in [4.78, 5) is 0. The van der Waals surface area contributed by atoms with E-state index in [0.717, 1.165) is 11.3 Å². The lowest BCUT2D eigenvalue weighted by Crippen LogP contribution is -2.19. The van der Waals surface area contributed by atoms with Crippen LogP contribution in [0.2, 0.25) is 10.0 Å². The second-order valence-electron chi connectivity index (χ2n) is 5.11. The molecule has 3 rings (SSSR count). The van der Waals surface area contributed by atoms with Gasteiger partial charge in [-0.3, -0.25) is 4.68 Å². The largest absolute Gasteiger partial charge is 0.332 e. The first kappa shape index (κ1) is 16.8. The fraction of sp³-hybridized carbons (Fsp3) is 0.0588. The summed E-state index contributed by atoms with van der Waals surface area (Å²) in [7, 11) is 0. The molecule has 3 aromatic rings. The fourth-order valence-electron chi connectivity index (χ4n) is 2.21. The van der Waals surface area contributed by atoms with Crippen molar-refractivity contribution in [3.8, 4) is 0 Å². The maximum Gasteiger partial charge on any atom is 0.175 e. The lowest BCUT2D eigenvalue weighted by molar-refractivity contribution is 0.687. The molecule has 0 saturated heterocycles. The first-order valence-corrected chi connectivity index (χ1v) is 8.36. The minimum atomic E-state index is 0.440. The van der Waals surface area contributed by atoms with E-state index in [0.29, 0.717) is 27.4 Å². The van der Waals surface area contributed by atoms with Gasteiger partial charge in [-0.25, -0.2) is 0 Å². The van der Waals surface area contributed by atoms with Gasteiger partial charge in [-0.15, -0.1) is 0 Å². The van der Waals surface area contributed by atoms with Crippen LogP contribution in [0.3, 0.4) is 0 Å². The predicted octanol–water partition coefficient (Wildman–Crippen LogP) is 5.05. The number of benzene rings is 2. The summed E-state index contributed by atoms with van der Waals surface area (Å²) in [6, 6.07) is 15.1. The molecule has 0 atom stereocenters. The van der Waals surface area contributed by atoms with Gasteiger partial charge in [-0.1, -0.05) is 35.3 Å². The van der Waals surface area contributed by atoms with Gasteiger partial charge in [0.25, 0.3) is 0 Å². The van der Waals surface area contributed by atoms with Crippen LogP contribution in [0.15, 0.2) is 60.9 Å². The summed E-state index contributed by atoms with van der Waals surface area (Å²) in [6.07, 6.45) is 3.68. The molecule has 1 aromatic heterocycles. The van der Waals surface area contributed by atoms with Crippen molar-refractivity contribution in [2.45, 2.75) is 6.54 Å². The van der Waals surface area contributed by atoms with Gasteiger partial charge in [-0.05, 0) is 54.2 Å². The van der Waals surface area contributed by atoms with Crippen LogP contribution < -0.4 is 10.6 Å². The van der Waals surface area contributed by atoms with Crippen molar-refractivity contribution in [1.82, 2.24) is 9.78 Å². The first-order valence-electron chi connectivity index (χ1n) is 7.19. The zero-order chi connectivity index (χ0) is 16.9. The van der Waals surface area contributed by atoms with Gasteiger partial charge >= 0.3 is 0 Å². The summed E-state index contributed by atoms with van der Waals surface area (Å²) < 4.78 is 1.86. The summed E-state index contributed by atoms with van der Waals surface area (Å²) in [5.74, 6) is 0. The second-order valence-corrected chi connectivity index (χ2v) is 6.36. The van der Waals surface area contributed by atoms with E-state index in [1.165, 1.54) is 0 Å². The third-order valence-corrected chi connectivity index (χ3v) is 4.03. The molecule has 1 heterocycles. The van der Waals surface area contributed by atoms with Gasteiger partial charge in [0.2, 0.25) is 0 Å². The summed E-state index contributed by atoms with van der Waals surface area (Å²) >= 11 is 17.4. The van der Waals surface area contributed by atoms with E-state index in [4.69, 9.17) is 35.4 Å². The standard InChI is InChI=1S/C17H14Cl2N4S/c18-13-5-6-15(19)16(10-13)22-17(24)21-14-4-1-3-12(9-14)11-23-8-2-7-20-23/h1-10H,11H2,(H2,21,22,24). The van der Waals surface area contributed by atoms with Crippen LogP contribution in [0.1, 0.15) is 5.56 Å². The molecule has 0 aliphatic carbocycles. The van der Waals surface area contributed by atoms with Crippen LogP contribution in [0.5, 0.6) is 0 Å². The Hall–Kier alpha value is -2.08. The zero-order valence-electron chi connectivity index (χ0n) is 12.5. The van der Waals surface area contributed by atoms with Crippen molar-refractivity contribution in [2.75, 3.05) is 10.6 Å². The highest BCUT2D eigenvalue weighted by Gasteiger charge is 2.05. The molecule has 0 aliphatic rings. The molecular formula is C17H14Cl2N4S. The van der Waals surface area contributed by atoms with Gasteiger partial charge in [0.05, 0.1) is 17.3 Å². The molecule has 0 aliphatic heterocycles. The zero-order valence-corrected chi connectivity index (χ0v) is 14.9. The molecule has 122 valence electrons. The number of thiocarbonyl (C=S) groups is 1. The number of halogens is 2. The summed E-state index contributed by atoms with van der Waals surface area (Å²) in [6.45, 7) is 0.697. The molecule has 0 saturated carbocycles. The van der Waals surface area contributed by atoms with Crippen molar-refractivity contribution in [2.24, 2.45) is 0 Å². The van der Waals surface area contributed by atoms with Crippen LogP contribution in [-0.2, 0) is 6.54 Å². The molecule has 7 heteroatoms. The van der Waals surface area contributed by atoms with Crippen molar-refractivity contribution in [1.29, 1.82) is 0 Å². The van der Waals surface area contributed by atoms with Crippen molar-refractivity contribution >= 4 is 51.9 Å². The normalized spacial score (nSPS) is 10.4. The van der Waals surface area contributed by atoms with Crippen LogP contribution in [0, 0.1) is 0 Å². The number of rotatable bonds is 4. The summed E-state index contributed by atoms with van der Waals surface area (Å²) in [5, 5.41) is 12.0.